The monoisotopic (exact) mass is 702 g/mol. The third kappa shape index (κ3) is 16.5. The van der Waals surface area contributed by atoms with Crippen molar-refractivity contribution in [2.45, 2.75) is 204 Å². The minimum absolute atomic E-state index is 0.0234. The molecule has 0 aromatic heterocycles. The molecule has 0 bridgehead atoms. The van der Waals surface area contributed by atoms with Gasteiger partial charge in [0.25, 0.3) is 0 Å². The maximum atomic E-state index is 12.1. The molecule has 1 saturated heterocycles. The van der Waals surface area contributed by atoms with Gasteiger partial charge in [0.05, 0.1) is 16.3 Å². The Hall–Kier alpha value is 0.264. The van der Waals surface area contributed by atoms with E-state index in [1.807, 2.05) is 20.8 Å². The fourth-order valence-corrected chi connectivity index (χ4v) is 10.8. The Morgan fingerprint density at radius 2 is 1.31 bits per heavy atom. The van der Waals surface area contributed by atoms with E-state index in [2.05, 4.69) is 110 Å². The lowest BCUT2D eigenvalue weighted by atomic mass is 10.0. The van der Waals surface area contributed by atoms with E-state index in [1.165, 1.54) is 62.9 Å². The summed E-state index contributed by atoms with van der Waals surface area (Å²) in [6.45, 7) is 31.8. The molecule has 0 aromatic rings. The van der Waals surface area contributed by atoms with E-state index in [4.69, 9.17) is 13.6 Å². The van der Waals surface area contributed by atoms with Crippen LogP contribution >= 0.6 is 23.5 Å². The van der Waals surface area contributed by atoms with Gasteiger partial charge in [0.2, 0.25) is 0 Å². The highest BCUT2D eigenvalue weighted by atomic mass is 32.2. The van der Waals surface area contributed by atoms with Crippen molar-refractivity contribution in [3.63, 3.8) is 0 Å². The van der Waals surface area contributed by atoms with Crippen LogP contribution in [0.3, 0.4) is 0 Å². The largest absolute Gasteiger partial charge is 0.460 e. The maximum Gasteiger partial charge on any atom is 0.306 e. The summed E-state index contributed by atoms with van der Waals surface area (Å²) in [6, 6.07) is 0. The van der Waals surface area contributed by atoms with Gasteiger partial charge in [0.15, 0.2) is 16.6 Å². The lowest BCUT2D eigenvalue weighted by molar-refractivity contribution is -0.154. The summed E-state index contributed by atoms with van der Waals surface area (Å²) >= 11 is 4.29. The quantitative estimate of drug-likeness (QED) is 0.0578. The smallest absolute Gasteiger partial charge is 0.306 e. The van der Waals surface area contributed by atoms with Gasteiger partial charge < -0.3 is 13.6 Å². The van der Waals surface area contributed by atoms with Gasteiger partial charge in [-0.15, -0.1) is 23.5 Å². The summed E-state index contributed by atoms with van der Waals surface area (Å²) in [5, 5.41) is 0.296. The summed E-state index contributed by atoms with van der Waals surface area (Å²) in [4.78, 5) is 12.1. The van der Waals surface area contributed by atoms with Crippen LogP contribution in [-0.4, -0.2) is 56.0 Å². The van der Waals surface area contributed by atoms with Crippen LogP contribution in [0.25, 0.3) is 0 Å². The number of carbonyl (C=O) groups excluding carboxylic acids is 1. The number of thioether (sulfide) groups is 2. The van der Waals surface area contributed by atoms with Crippen molar-refractivity contribution in [1.29, 1.82) is 0 Å². The van der Waals surface area contributed by atoms with Crippen molar-refractivity contribution in [1.82, 2.24) is 0 Å². The van der Waals surface area contributed by atoms with Crippen LogP contribution in [0.1, 0.15) is 146 Å². The Balaban J connectivity index is 3.13. The lowest BCUT2D eigenvalue weighted by Gasteiger charge is -2.45. The van der Waals surface area contributed by atoms with Crippen LogP contribution in [0.2, 0.25) is 36.3 Å². The third-order valence-electron chi connectivity index (χ3n) is 9.80. The highest BCUT2D eigenvalue weighted by Gasteiger charge is 2.44. The molecule has 8 heteroatoms. The van der Waals surface area contributed by atoms with Gasteiger partial charge in [-0.2, -0.15) is 0 Å². The number of esters is 1. The molecule has 0 amide bonds. The third-order valence-corrected chi connectivity index (χ3v) is 22.1. The standard InChI is InChI=1S/C37H74O4S2Si2/c1-15-16-20-24-31(40-44(11,12)35(5,6)7)32(41-45(13,14)36(8,9)10)26-28-37(42-29-23-30-43-37)27-22-19-17-18-21-25-33(38)39-34(2,3)4/h26,28,31-32H,15-25,27,29-30H2,1-14H3/b28-26+/t31-,32+/m1/s1. The van der Waals surface area contributed by atoms with E-state index in [1.54, 1.807) is 0 Å². The molecule has 1 rings (SSSR count). The van der Waals surface area contributed by atoms with E-state index in [0.717, 1.165) is 19.3 Å². The van der Waals surface area contributed by atoms with Crippen molar-refractivity contribution >= 4 is 46.1 Å². The molecular weight excluding hydrogens is 629 g/mol. The van der Waals surface area contributed by atoms with Gasteiger partial charge in [-0.3, -0.25) is 4.79 Å². The van der Waals surface area contributed by atoms with Gasteiger partial charge in [0, 0.05) is 6.42 Å². The normalized spacial score (nSPS) is 18.3. The first-order chi connectivity index (χ1) is 20.5. The SMILES string of the molecule is CCCCC[C@@H](O[Si](C)(C)C(C)(C)C)[C@H](/C=C/C1(CCCCCCCC(=O)OC(C)(C)C)SCCCS1)O[Si](C)(C)C(C)(C)C. The first kappa shape index (κ1) is 43.3. The zero-order chi connectivity index (χ0) is 34.6. The van der Waals surface area contributed by atoms with Gasteiger partial charge in [-0.1, -0.05) is 106 Å². The average Bonchev–Trinajstić information content (AvgIpc) is 2.88. The van der Waals surface area contributed by atoms with E-state index in [-0.39, 0.29) is 32.3 Å². The summed E-state index contributed by atoms with van der Waals surface area (Å²) in [6.07, 6.45) is 18.4. The second kappa shape index (κ2) is 18.9. The van der Waals surface area contributed by atoms with Crippen LogP contribution in [0.4, 0.5) is 0 Å². The van der Waals surface area contributed by atoms with E-state index in [9.17, 15) is 4.79 Å². The highest BCUT2D eigenvalue weighted by Crippen LogP contribution is 2.48. The van der Waals surface area contributed by atoms with Crippen molar-refractivity contribution in [2.24, 2.45) is 0 Å². The molecular formula is C37H74O4S2Si2. The van der Waals surface area contributed by atoms with Crippen molar-refractivity contribution in [2.75, 3.05) is 11.5 Å². The van der Waals surface area contributed by atoms with Crippen LogP contribution in [0, 0.1) is 0 Å². The molecule has 0 aliphatic carbocycles. The van der Waals surface area contributed by atoms with E-state index in [0.29, 0.717) is 6.42 Å². The molecule has 0 N–H and O–H groups in total. The van der Waals surface area contributed by atoms with Gasteiger partial charge in [-0.25, -0.2) is 0 Å². The minimum atomic E-state index is -2.04. The Labute approximate surface area is 291 Å². The summed E-state index contributed by atoms with van der Waals surface area (Å²) in [5.74, 6) is 2.38. The lowest BCUT2D eigenvalue weighted by Crippen LogP contribution is -2.51. The fourth-order valence-electron chi connectivity index (χ4n) is 4.92. The van der Waals surface area contributed by atoms with Gasteiger partial charge in [-0.05, 0) is 94.2 Å². The van der Waals surface area contributed by atoms with Crippen LogP contribution in [-0.2, 0) is 18.4 Å². The second-order valence-electron chi connectivity index (χ2n) is 17.3. The number of hydrogen-bond acceptors (Lipinski definition) is 6. The zero-order valence-corrected chi connectivity index (χ0v) is 35.8. The predicted octanol–water partition coefficient (Wildman–Crippen LogP) is 12.5. The molecule has 45 heavy (non-hydrogen) atoms. The summed E-state index contributed by atoms with van der Waals surface area (Å²) in [5.41, 5.74) is -0.393. The molecule has 266 valence electrons. The van der Waals surface area contributed by atoms with Crippen molar-refractivity contribution in [3.05, 3.63) is 12.2 Å². The van der Waals surface area contributed by atoms with E-state index >= 15 is 0 Å². The fraction of sp³-hybridized carbons (Fsp3) is 0.919. The van der Waals surface area contributed by atoms with Crippen molar-refractivity contribution in [3.8, 4) is 0 Å². The molecule has 1 fully saturated rings. The molecule has 0 saturated carbocycles. The molecule has 1 aliphatic heterocycles. The van der Waals surface area contributed by atoms with Gasteiger partial charge in [0.1, 0.15) is 5.60 Å². The zero-order valence-electron chi connectivity index (χ0n) is 32.2. The Kier molecular flexibility index (Phi) is 18.2. The molecule has 0 spiro atoms. The Bertz CT molecular complexity index is 878. The number of hydrogen-bond donors (Lipinski definition) is 0. The average molecular weight is 703 g/mol. The van der Waals surface area contributed by atoms with Crippen LogP contribution in [0.5, 0.6) is 0 Å². The topological polar surface area (TPSA) is 44.8 Å². The van der Waals surface area contributed by atoms with E-state index < -0.39 is 22.2 Å². The molecule has 1 aliphatic rings. The second-order valence-corrected chi connectivity index (χ2v) is 30.0. The first-order valence-corrected chi connectivity index (χ1v) is 25.9. The summed E-state index contributed by atoms with van der Waals surface area (Å²) < 4.78 is 20.1. The van der Waals surface area contributed by atoms with Crippen molar-refractivity contribution < 1.29 is 18.4 Å². The Morgan fingerprint density at radius 1 is 0.778 bits per heavy atom. The molecule has 0 unspecified atom stereocenters. The maximum absolute atomic E-state index is 12.1. The van der Waals surface area contributed by atoms with Gasteiger partial charge >= 0.3 is 5.97 Å². The number of rotatable bonds is 19. The summed E-state index contributed by atoms with van der Waals surface area (Å²) in [7, 11) is -4.03. The predicted molar refractivity (Wildman–Crippen MR) is 208 cm³/mol. The minimum Gasteiger partial charge on any atom is -0.460 e. The molecule has 0 aromatic carbocycles. The van der Waals surface area contributed by atoms with Crippen LogP contribution < -0.4 is 0 Å². The molecule has 0 radical (unpaired) electrons. The molecule has 2 atom stereocenters. The Morgan fingerprint density at radius 3 is 1.84 bits per heavy atom. The van der Waals surface area contributed by atoms with Crippen LogP contribution in [0.15, 0.2) is 12.2 Å². The number of unbranched alkanes of at least 4 members (excludes halogenated alkanes) is 6. The molecule has 4 nitrogen and oxygen atoms in total. The highest BCUT2D eigenvalue weighted by molar-refractivity contribution is 8.19. The number of carbonyl (C=O) groups is 1. The molecule has 1 heterocycles. The number of ether oxygens (including phenoxy) is 1. The first-order valence-electron chi connectivity index (χ1n) is 18.1.